The monoisotopic (exact) mass is 240 g/mol. The molecule has 0 aliphatic rings. The smallest absolute Gasteiger partial charge is 0.369 e. The molecule has 0 heterocycles. The molecule has 0 radical (unpaired) electrons. The zero-order valence-electron chi connectivity index (χ0n) is 9.69. The third-order valence-corrected chi connectivity index (χ3v) is 5.18. The standard InChI is InChI=1S/C11H20N2O2Si/c1-16(14-9-7-12,15-10-8-13)11-5-3-2-4-6-11/h2-6H,7-10,12-13H2,1H3. The van der Waals surface area contributed by atoms with Crippen LogP contribution in [0.1, 0.15) is 0 Å². The number of benzene rings is 1. The van der Waals surface area contributed by atoms with E-state index in [4.69, 9.17) is 20.3 Å². The molecule has 0 atom stereocenters. The van der Waals surface area contributed by atoms with Crippen LogP contribution in [0.5, 0.6) is 0 Å². The molecule has 5 heteroatoms. The maximum Gasteiger partial charge on any atom is 0.369 e. The van der Waals surface area contributed by atoms with Gasteiger partial charge in [0.25, 0.3) is 0 Å². The highest BCUT2D eigenvalue weighted by molar-refractivity contribution is 6.79. The molecule has 0 amide bonds. The van der Waals surface area contributed by atoms with Crippen molar-refractivity contribution in [3.05, 3.63) is 30.3 Å². The molecular formula is C11H20N2O2Si. The van der Waals surface area contributed by atoms with Crippen molar-refractivity contribution in [2.75, 3.05) is 26.3 Å². The van der Waals surface area contributed by atoms with E-state index in [0.29, 0.717) is 26.3 Å². The first-order chi connectivity index (χ1) is 7.73. The van der Waals surface area contributed by atoms with Gasteiger partial charge in [-0.15, -0.1) is 0 Å². The molecular weight excluding hydrogens is 220 g/mol. The molecule has 0 aromatic heterocycles. The number of rotatable bonds is 7. The topological polar surface area (TPSA) is 70.5 Å². The fourth-order valence-electron chi connectivity index (χ4n) is 1.46. The Morgan fingerprint density at radius 3 is 1.94 bits per heavy atom. The van der Waals surface area contributed by atoms with E-state index in [1.165, 1.54) is 0 Å². The molecule has 4 nitrogen and oxygen atoms in total. The maximum absolute atomic E-state index is 5.80. The summed E-state index contributed by atoms with van der Waals surface area (Å²) < 4.78 is 11.6. The lowest BCUT2D eigenvalue weighted by Gasteiger charge is -2.27. The molecule has 4 N–H and O–H groups in total. The lowest BCUT2D eigenvalue weighted by molar-refractivity contribution is 0.194. The van der Waals surface area contributed by atoms with Gasteiger partial charge < -0.3 is 20.3 Å². The van der Waals surface area contributed by atoms with E-state index in [-0.39, 0.29) is 0 Å². The highest BCUT2D eigenvalue weighted by Crippen LogP contribution is 2.07. The molecule has 1 aromatic rings. The predicted molar refractivity (Wildman–Crippen MR) is 67.7 cm³/mol. The third kappa shape index (κ3) is 3.69. The summed E-state index contributed by atoms with van der Waals surface area (Å²) in [5, 5.41) is 1.11. The predicted octanol–water partition coefficient (Wildman–Crippen LogP) is -0.0838. The van der Waals surface area contributed by atoms with Crippen molar-refractivity contribution in [1.82, 2.24) is 0 Å². The van der Waals surface area contributed by atoms with E-state index in [9.17, 15) is 0 Å². The van der Waals surface area contributed by atoms with Crippen molar-refractivity contribution in [2.24, 2.45) is 11.5 Å². The minimum absolute atomic E-state index is 0.501. The first kappa shape index (κ1) is 13.3. The zero-order chi connectivity index (χ0) is 11.9. The van der Waals surface area contributed by atoms with Gasteiger partial charge in [-0.1, -0.05) is 30.3 Å². The SMILES string of the molecule is C[Si](OCCN)(OCCN)c1ccccc1. The van der Waals surface area contributed by atoms with E-state index in [1.807, 2.05) is 36.9 Å². The van der Waals surface area contributed by atoms with E-state index in [0.717, 1.165) is 5.19 Å². The van der Waals surface area contributed by atoms with Crippen molar-refractivity contribution in [3.8, 4) is 0 Å². The summed E-state index contributed by atoms with van der Waals surface area (Å²) in [6.45, 7) is 4.06. The summed E-state index contributed by atoms with van der Waals surface area (Å²) >= 11 is 0. The highest BCUT2D eigenvalue weighted by Gasteiger charge is 2.33. The Kier molecular flexibility index (Phi) is 5.65. The molecule has 0 bridgehead atoms. The van der Waals surface area contributed by atoms with Crippen LogP contribution >= 0.6 is 0 Å². The molecule has 1 aromatic carbocycles. The molecule has 0 saturated heterocycles. The Balaban J connectivity index is 2.77. The largest absolute Gasteiger partial charge is 0.390 e. The van der Waals surface area contributed by atoms with E-state index in [2.05, 4.69) is 0 Å². The van der Waals surface area contributed by atoms with Gasteiger partial charge in [-0.25, -0.2) is 0 Å². The average Bonchev–Trinajstić information content (AvgIpc) is 2.35. The van der Waals surface area contributed by atoms with Crippen LogP contribution in [-0.2, 0) is 8.85 Å². The molecule has 0 aliphatic heterocycles. The average molecular weight is 240 g/mol. The van der Waals surface area contributed by atoms with Crippen LogP contribution in [0.3, 0.4) is 0 Å². The fraction of sp³-hybridized carbons (Fsp3) is 0.455. The number of nitrogens with two attached hydrogens (primary N) is 2. The Labute approximate surface area is 97.8 Å². The molecule has 0 fully saturated rings. The van der Waals surface area contributed by atoms with Gasteiger partial charge in [0.15, 0.2) is 0 Å². The highest BCUT2D eigenvalue weighted by atomic mass is 28.4. The van der Waals surface area contributed by atoms with Gasteiger partial charge in [0.2, 0.25) is 0 Å². The van der Waals surface area contributed by atoms with Gasteiger partial charge in [0, 0.05) is 26.3 Å². The summed E-state index contributed by atoms with van der Waals surface area (Å²) in [6.07, 6.45) is 0. The quantitative estimate of drug-likeness (QED) is 0.654. The zero-order valence-corrected chi connectivity index (χ0v) is 10.7. The summed E-state index contributed by atoms with van der Waals surface area (Å²) in [6, 6.07) is 10.00. The van der Waals surface area contributed by atoms with E-state index >= 15 is 0 Å². The summed E-state index contributed by atoms with van der Waals surface area (Å²) in [7, 11) is -2.33. The lowest BCUT2D eigenvalue weighted by atomic mass is 10.4. The first-order valence-electron chi connectivity index (χ1n) is 5.46. The number of hydrogen-bond acceptors (Lipinski definition) is 4. The van der Waals surface area contributed by atoms with Crippen LogP contribution in [0, 0.1) is 0 Å². The maximum atomic E-state index is 5.80. The van der Waals surface area contributed by atoms with Gasteiger partial charge >= 0.3 is 8.56 Å². The van der Waals surface area contributed by atoms with Crippen molar-refractivity contribution in [1.29, 1.82) is 0 Å². The second-order valence-electron chi connectivity index (χ2n) is 3.59. The summed E-state index contributed by atoms with van der Waals surface area (Å²) in [5.74, 6) is 0. The minimum Gasteiger partial charge on any atom is -0.390 e. The van der Waals surface area contributed by atoms with Crippen molar-refractivity contribution < 1.29 is 8.85 Å². The van der Waals surface area contributed by atoms with Crippen molar-refractivity contribution in [3.63, 3.8) is 0 Å². The van der Waals surface area contributed by atoms with Gasteiger partial charge in [-0.05, 0) is 11.7 Å². The Bertz CT molecular complexity index is 287. The van der Waals surface area contributed by atoms with Crippen molar-refractivity contribution >= 4 is 13.7 Å². The van der Waals surface area contributed by atoms with E-state index < -0.39 is 8.56 Å². The molecule has 16 heavy (non-hydrogen) atoms. The molecule has 0 unspecified atom stereocenters. The van der Waals surface area contributed by atoms with Crippen LogP contribution in [0.2, 0.25) is 6.55 Å². The van der Waals surface area contributed by atoms with Gasteiger partial charge in [-0.3, -0.25) is 0 Å². The van der Waals surface area contributed by atoms with Crippen LogP contribution in [0.4, 0.5) is 0 Å². The molecule has 90 valence electrons. The lowest BCUT2D eigenvalue weighted by Crippen LogP contribution is -2.52. The molecule has 1 rings (SSSR count). The third-order valence-electron chi connectivity index (χ3n) is 2.29. The van der Waals surface area contributed by atoms with Crippen LogP contribution in [-0.4, -0.2) is 34.9 Å². The van der Waals surface area contributed by atoms with Gasteiger partial charge in [0.05, 0.1) is 0 Å². The van der Waals surface area contributed by atoms with Crippen LogP contribution < -0.4 is 16.7 Å². The molecule has 0 saturated carbocycles. The fourth-order valence-corrected chi connectivity index (χ4v) is 3.69. The Morgan fingerprint density at radius 1 is 1.00 bits per heavy atom. The van der Waals surface area contributed by atoms with E-state index in [1.54, 1.807) is 0 Å². The van der Waals surface area contributed by atoms with Crippen LogP contribution in [0.15, 0.2) is 30.3 Å². The van der Waals surface area contributed by atoms with Crippen LogP contribution in [0.25, 0.3) is 0 Å². The summed E-state index contributed by atoms with van der Waals surface area (Å²) in [5.41, 5.74) is 10.9. The Morgan fingerprint density at radius 2 is 1.50 bits per heavy atom. The summed E-state index contributed by atoms with van der Waals surface area (Å²) in [4.78, 5) is 0. The second kappa shape index (κ2) is 6.77. The van der Waals surface area contributed by atoms with Gasteiger partial charge in [-0.2, -0.15) is 0 Å². The molecule has 0 aliphatic carbocycles. The minimum atomic E-state index is -2.33. The van der Waals surface area contributed by atoms with Gasteiger partial charge in [0.1, 0.15) is 0 Å². The number of hydrogen-bond donors (Lipinski definition) is 2. The normalized spacial score (nSPS) is 11.7. The second-order valence-corrected chi connectivity index (χ2v) is 6.63. The van der Waals surface area contributed by atoms with Crippen molar-refractivity contribution in [2.45, 2.75) is 6.55 Å². The molecule has 0 spiro atoms. The Hall–Kier alpha value is -0.723. The first-order valence-corrected chi connectivity index (χ1v) is 7.78.